The second kappa shape index (κ2) is 11.6. The number of rotatable bonds is 8. The molecule has 0 N–H and O–H groups in total. The summed E-state index contributed by atoms with van der Waals surface area (Å²) < 4.78 is 76.8. The molecule has 0 aromatic heterocycles. The van der Waals surface area contributed by atoms with Crippen molar-refractivity contribution in [1.29, 1.82) is 0 Å². The predicted molar refractivity (Wildman–Crippen MR) is 140 cm³/mol. The number of benzene rings is 3. The second-order valence-electron chi connectivity index (χ2n) is 10.2. The van der Waals surface area contributed by atoms with Gasteiger partial charge in [0.25, 0.3) is 0 Å². The number of hydrogen-bond acceptors (Lipinski definition) is 0. The highest BCUT2D eigenvalue weighted by molar-refractivity contribution is 6.24. The van der Waals surface area contributed by atoms with Crippen molar-refractivity contribution in [2.45, 2.75) is 76.0 Å². The average Bonchev–Trinajstić information content (AvgIpc) is 2.89. The van der Waals surface area contributed by atoms with Crippen LogP contribution in [0.1, 0.15) is 76.7 Å². The molecule has 0 radical (unpaired) electrons. The molecule has 3 aromatic carbocycles. The highest BCUT2D eigenvalue weighted by Gasteiger charge is 2.44. The Morgan fingerprint density at radius 2 is 1.54 bits per heavy atom. The molecule has 1 saturated carbocycles. The molecule has 0 saturated heterocycles. The SMILES string of the molecule is CCCCCC1(Cl)CCCCC1C(C)c1c(F)c(F)c(-c2ccc(-c3ccccc3)cc2F)c(F)c1F. The summed E-state index contributed by atoms with van der Waals surface area (Å²) in [6.45, 7) is 3.67. The lowest BCUT2D eigenvalue weighted by Crippen LogP contribution is -2.39. The average molecular weight is 535 g/mol. The minimum absolute atomic E-state index is 0.338. The molecule has 198 valence electrons. The lowest BCUT2D eigenvalue weighted by Gasteiger charge is -2.43. The first-order chi connectivity index (χ1) is 17.7. The fourth-order valence-corrected chi connectivity index (χ4v) is 6.48. The molecule has 0 heterocycles. The maximum Gasteiger partial charge on any atom is 0.170 e. The maximum absolute atomic E-state index is 15.5. The first-order valence-electron chi connectivity index (χ1n) is 13.1. The van der Waals surface area contributed by atoms with Crippen LogP contribution in [0.25, 0.3) is 22.3 Å². The van der Waals surface area contributed by atoms with E-state index in [-0.39, 0.29) is 5.92 Å². The summed E-state index contributed by atoms with van der Waals surface area (Å²) in [7, 11) is 0. The van der Waals surface area contributed by atoms with E-state index < -0.39 is 56.6 Å². The van der Waals surface area contributed by atoms with E-state index in [1.165, 1.54) is 6.07 Å². The summed E-state index contributed by atoms with van der Waals surface area (Å²) in [6.07, 6.45) is 6.62. The van der Waals surface area contributed by atoms with Crippen LogP contribution in [-0.2, 0) is 0 Å². The van der Waals surface area contributed by atoms with Crippen LogP contribution in [-0.4, -0.2) is 4.87 Å². The lowest BCUT2D eigenvalue weighted by molar-refractivity contribution is 0.212. The van der Waals surface area contributed by atoms with Crippen LogP contribution in [0.15, 0.2) is 48.5 Å². The predicted octanol–water partition coefficient (Wildman–Crippen LogP) is 10.6. The Morgan fingerprint density at radius 3 is 2.16 bits per heavy atom. The van der Waals surface area contributed by atoms with Crippen LogP contribution in [0.4, 0.5) is 22.0 Å². The minimum Gasteiger partial charge on any atom is -0.206 e. The Labute approximate surface area is 220 Å². The molecule has 37 heavy (non-hydrogen) atoms. The van der Waals surface area contributed by atoms with Crippen LogP contribution < -0.4 is 0 Å². The van der Waals surface area contributed by atoms with Gasteiger partial charge in [-0.05, 0) is 48.3 Å². The van der Waals surface area contributed by atoms with Gasteiger partial charge in [0.15, 0.2) is 23.3 Å². The van der Waals surface area contributed by atoms with E-state index in [1.54, 1.807) is 37.3 Å². The molecule has 3 unspecified atom stereocenters. The Balaban J connectivity index is 1.73. The van der Waals surface area contributed by atoms with Crippen molar-refractivity contribution in [3.8, 4) is 22.3 Å². The minimum atomic E-state index is -1.59. The smallest absolute Gasteiger partial charge is 0.170 e. The topological polar surface area (TPSA) is 0 Å². The van der Waals surface area contributed by atoms with Gasteiger partial charge in [0.05, 0.1) is 5.56 Å². The molecule has 0 spiro atoms. The standard InChI is InChI=1S/C31H32ClF5/c1-3-4-9-16-31(32)17-10-8-13-23(31)19(2)25-27(34)29(36)26(30(37)28(25)35)22-15-14-21(18-24(22)33)20-11-6-5-7-12-20/h5-7,11-12,14-15,18-19,23H,3-4,8-10,13,16-17H2,1-2H3. The molecule has 0 amide bonds. The highest BCUT2D eigenvalue weighted by Crippen LogP contribution is 2.50. The molecule has 1 aliphatic rings. The van der Waals surface area contributed by atoms with Gasteiger partial charge in [-0.25, -0.2) is 22.0 Å². The van der Waals surface area contributed by atoms with Crippen LogP contribution in [0, 0.1) is 35.0 Å². The monoisotopic (exact) mass is 534 g/mol. The molecule has 0 bridgehead atoms. The summed E-state index contributed by atoms with van der Waals surface area (Å²) in [5, 5.41) is 0. The van der Waals surface area contributed by atoms with E-state index in [1.807, 2.05) is 0 Å². The van der Waals surface area contributed by atoms with Crippen molar-refractivity contribution in [2.24, 2.45) is 5.92 Å². The normalized spacial score (nSPS) is 20.7. The Bertz CT molecular complexity index is 1210. The third-order valence-corrected chi connectivity index (χ3v) is 8.58. The fraction of sp³-hybridized carbons (Fsp3) is 0.419. The van der Waals surface area contributed by atoms with E-state index >= 15 is 22.0 Å². The highest BCUT2D eigenvalue weighted by atomic mass is 35.5. The maximum atomic E-state index is 15.5. The molecule has 1 aliphatic carbocycles. The van der Waals surface area contributed by atoms with E-state index in [0.717, 1.165) is 44.2 Å². The van der Waals surface area contributed by atoms with Gasteiger partial charge < -0.3 is 0 Å². The van der Waals surface area contributed by atoms with Gasteiger partial charge in [-0.1, -0.05) is 88.4 Å². The van der Waals surface area contributed by atoms with Crippen molar-refractivity contribution < 1.29 is 22.0 Å². The number of alkyl halides is 1. The zero-order valence-corrected chi connectivity index (χ0v) is 22.0. The van der Waals surface area contributed by atoms with Crippen LogP contribution >= 0.6 is 11.6 Å². The van der Waals surface area contributed by atoms with Gasteiger partial charge in [-0.15, -0.1) is 11.6 Å². The Hall–Kier alpha value is -2.40. The summed E-state index contributed by atoms with van der Waals surface area (Å²) in [6, 6.07) is 12.6. The van der Waals surface area contributed by atoms with Crippen molar-refractivity contribution >= 4 is 11.6 Å². The van der Waals surface area contributed by atoms with E-state index in [9.17, 15) is 0 Å². The van der Waals surface area contributed by atoms with E-state index in [2.05, 4.69) is 6.92 Å². The Morgan fingerprint density at radius 1 is 0.865 bits per heavy atom. The Kier molecular flexibility index (Phi) is 8.63. The molecule has 0 nitrogen and oxygen atoms in total. The quantitative estimate of drug-likeness (QED) is 0.117. The van der Waals surface area contributed by atoms with Crippen molar-refractivity contribution in [3.63, 3.8) is 0 Å². The zero-order valence-electron chi connectivity index (χ0n) is 21.2. The van der Waals surface area contributed by atoms with E-state index in [0.29, 0.717) is 30.4 Å². The lowest BCUT2D eigenvalue weighted by atomic mass is 9.68. The van der Waals surface area contributed by atoms with Gasteiger partial charge >= 0.3 is 0 Å². The molecule has 3 atom stereocenters. The molecule has 1 fully saturated rings. The van der Waals surface area contributed by atoms with Crippen molar-refractivity contribution in [2.75, 3.05) is 0 Å². The molecule has 6 heteroatoms. The van der Waals surface area contributed by atoms with Crippen LogP contribution in [0.3, 0.4) is 0 Å². The molecule has 3 aromatic rings. The zero-order chi connectivity index (χ0) is 26.7. The first-order valence-corrected chi connectivity index (χ1v) is 13.5. The van der Waals surface area contributed by atoms with Gasteiger partial charge in [-0.3, -0.25) is 0 Å². The molecule has 4 rings (SSSR count). The third-order valence-electron chi connectivity index (χ3n) is 7.92. The largest absolute Gasteiger partial charge is 0.206 e. The summed E-state index contributed by atoms with van der Waals surface area (Å²) >= 11 is 7.04. The molecular weight excluding hydrogens is 503 g/mol. The van der Waals surface area contributed by atoms with Crippen LogP contribution in [0.5, 0.6) is 0 Å². The van der Waals surface area contributed by atoms with Gasteiger partial charge in [0.1, 0.15) is 5.82 Å². The summed E-state index contributed by atoms with van der Waals surface area (Å²) in [4.78, 5) is -0.684. The van der Waals surface area contributed by atoms with Gasteiger partial charge in [0, 0.05) is 16.0 Å². The number of unbranched alkanes of at least 4 members (excludes halogenated alkanes) is 2. The first kappa shape index (κ1) is 27.6. The second-order valence-corrected chi connectivity index (χ2v) is 11.0. The number of halogens is 6. The van der Waals surface area contributed by atoms with Gasteiger partial charge in [0.2, 0.25) is 0 Å². The summed E-state index contributed by atoms with van der Waals surface area (Å²) in [5.41, 5.74) is -1.03. The van der Waals surface area contributed by atoms with Crippen LogP contribution in [0.2, 0.25) is 0 Å². The summed E-state index contributed by atoms with van der Waals surface area (Å²) in [5.74, 6) is -8.29. The molecular formula is C31H32ClF5. The third kappa shape index (κ3) is 5.43. The molecule has 0 aliphatic heterocycles. The van der Waals surface area contributed by atoms with Crippen molar-refractivity contribution in [3.05, 3.63) is 83.2 Å². The van der Waals surface area contributed by atoms with E-state index in [4.69, 9.17) is 11.6 Å². The van der Waals surface area contributed by atoms with Crippen molar-refractivity contribution in [1.82, 2.24) is 0 Å². The fourth-order valence-electron chi connectivity index (χ4n) is 5.92. The number of hydrogen-bond donors (Lipinski definition) is 0. The van der Waals surface area contributed by atoms with Gasteiger partial charge in [-0.2, -0.15) is 0 Å².